The van der Waals surface area contributed by atoms with E-state index in [0.717, 1.165) is 32.1 Å². The number of hydrogen-bond donors (Lipinski definition) is 4. The molecule has 1 aliphatic carbocycles. The number of ether oxygens (including phenoxy) is 1. The van der Waals surface area contributed by atoms with Gasteiger partial charge in [-0.2, -0.15) is 0 Å². The van der Waals surface area contributed by atoms with Crippen molar-refractivity contribution in [2.45, 2.75) is 109 Å². The first kappa shape index (κ1) is 25.3. The summed E-state index contributed by atoms with van der Waals surface area (Å²) >= 11 is 0. The Morgan fingerprint density at radius 3 is 2.32 bits per heavy atom. The molecule has 0 radical (unpaired) electrons. The fourth-order valence-corrected chi connectivity index (χ4v) is 4.48. The first-order chi connectivity index (χ1) is 13.4. The van der Waals surface area contributed by atoms with Crippen LogP contribution in [-0.2, 0) is 9.53 Å². The number of carboxylic acids is 1. The molecule has 0 aromatic rings. The lowest BCUT2D eigenvalue weighted by atomic mass is 9.85. The molecular formula is C22H42O6. The predicted molar refractivity (Wildman–Crippen MR) is 109 cm³/mol. The minimum atomic E-state index is -2.21. The van der Waals surface area contributed by atoms with Crippen LogP contribution in [0.1, 0.15) is 96.8 Å². The second-order valence-electron chi connectivity index (χ2n) is 8.39. The van der Waals surface area contributed by atoms with Gasteiger partial charge >= 0.3 is 5.97 Å². The van der Waals surface area contributed by atoms with Crippen LogP contribution in [0.5, 0.6) is 0 Å². The molecule has 1 rings (SSSR count). The van der Waals surface area contributed by atoms with E-state index >= 15 is 0 Å². The second-order valence-corrected chi connectivity index (χ2v) is 8.39. The minimum absolute atomic E-state index is 0.0107. The summed E-state index contributed by atoms with van der Waals surface area (Å²) in [6.45, 7) is 1.71. The lowest BCUT2D eigenvalue weighted by Gasteiger charge is -2.24. The molecule has 0 bridgehead atoms. The Morgan fingerprint density at radius 1 is 1.00 bits per heavy atom. The van der Waals surface area contributed by atoms with Crippen molar-refractivity contribution in [3.8, 4) is 0 Å². The molecule has 28 heavy (non-hydrogen) atoms. The van der Waals surface area contributed by atoms with Gasteiger partial charge in [-0.1, -0.05) is 64.7 Å². The summed E-state index contributed by atoms with van der Waals surface area (Å²) < 4.78 is 4.90. The number of unbranched alkanes of at least 4 members (excludes halogenated alkanes) is 7. The monoisotopic (exact) mass is 402 g/mol. The molecule has 1 unspecified atom stereocenters. The van der Waals surface area contributed by atoms with E-state index in [0.29, 0.717) is 18.3 Å². The van der Waals surface area contributed by atoms with Gasteiger partial charge in [-0.05, 0) is 37.5 Å². The number of aliphatic hydroxyl groups excluding tert-OH is 2. The van der Waals surface area contributed by atoms with Crippen molar-refractivity contribution in [2.75, 3.05) is 13.2 Å². The summed E-state index contributed by atoms with van der Waals surface area (Å²) in [4.78, 5) is 11.2. The van der Waals surface area contributed by atoms with E-state index in [1.807, 2.05) is 0 Å². The molecule has 6 nitrogen and oxygen atoms in total. The molecular weight excluding hydrogens is 360 g/mol. The highest BCUT2D eigenvalue weighted by Crippen LogP contribution is 2.39. The van der Waals surface area contributed by atoms with Crippen molar-refractivity contribution in [1.29, 1.82) is 0 Å². The number of aliphatic hydroxyl groups is 3. The maximum Gasteiger partial charge on any atom is 0.364 e. The second kappa shape index (κ2) is 14.3. The van der Waals surface area contributed by atoms with Gasteiger partial charge < -0.3 is 25.2 Å². The topological polar surface area (TPSA) is 107 Å². The molecule has 4 atom stereocenters. The first-order valence-electron chi connectivity index (χ1n) is 11.3. The number of aliphatic carboxylic acids is 1. The number of hydrogen-bond acceptors (Lipinski definition) is 5. The van der Waals surface area contributed by atoms with Gasteiger partial charge in [-0.25, -0.2) is 4.79 Å². The molecule has 0 aromatic carbocycles. The standard InChI is InChI=1S/C22H42O6/c1-2-3-4-5-6-8-11-18-13-14-20(24)19(18)12-9-7-10-15-22(27,21(25)26)28-17-16-23/h18-20,23-24,27H,2-17H2,1H3,(H,25,26)/t18-,19+,20-,22?/m0/s1. The Hall–Kier alpha value is -0.690. The van der Waals surface area contributed by atoms with Crippen molar-refractivity contribution >= 4 is 5.97 Å². The van der Waals surface area contributed by atoms with E-state index in [4.69, 9.17) is 14.9 Å². The molecule has 166 valence electrons. The van der Waals surface area contributed by atoms with E-state index in [9.17, 15) is 15.0 Å². The largest absolute Gasteiger partial charge is 0.477 e. The van der Waals surface area contributed by atoms with E-state index in [2.05, 4.69) is 6.92 Å². The molecule has 4 N–H and O–H groups in total. The zero-order valence-electron chi connectivity index (χ0n) is 17.7. The highest BCUT2D eigenvalue weighted by molar-refractivity contribution is 5.75. The molecule has 6 heteroatoms. The molecule has 0 amide bonds. The Bertz CT molecular complexity index is 416. The molecule has 0 spiro atoms. The van der Waals surface area contributed by atoms with Crippen molar-refractivity contribution < 1.29 is 30.0 Å². The van der Waals surface area contributed by atoms with Gasteiger partial charge in [0.1, 0.15) is 0 Å². The third-order valence-corrected chi connectivity index (χ3v) is 6.18. The first-order valence-corrected chi connectivity index (χ1v) is 11.3. The van der Waals surface area contributed by atoms with Crippen LogP contribution in [0.4, 0.5) is 0 Å². The number of carbonyl (C=O) groups is 1. The quantitative estimate of drug-likeness (QED) is 0.217. The van der Waals surface area contributed by atoms with Crippen LogP contribution >= 0.6 is 0 Å². The third kappa shape index (κ3) is 9.21. The Morgan fingerprint density at radius 2 is 1.64 bits per heavy atom. The highest BCUT2D eigenvalue weighted by atomic mass is 16.6. The fraction of sp³-hybridized carbons (Fsp3) is 0.955. The maximum atomic E-state index is 11.2. The summed E-state index contributed by atoms with van der Waals surface area (Å²) in [6, 6.07) is 0. The molecule has 0 saturated heterocycles. The van der Waals surface area contributed by atoms with Crippen LogP contribution < -0.4 is 0 Å². The molecule has 0 aromatic heterocycles. The summed E-state index contributed by atoms with van der Waals surface area (Å²) in [5.41, 5.74) is 0. The van der Waals surface area contributed by atoms with Crippen molar-refractivity contribution in [3.05, 3.63) is 0 Å². The van der Waals surface area contributed by atoms with Crippen LogP contribution in [0.3, 0.4) is 0 Å². The summed E-state index contributed by atoms with van der Waals surface area (Å²) in [6.07, 6.45) is 14.1. The molecule has 1 aliphatic rings. The normalized spacial score (nSPS) is 24.4. The van der Waals surface area contributed by atoms with Gasteiger partial charge in [0.25, 0.3) is 5.79 Å². The van der Waals surface area contributed by atoms with Gasteiger partial charge in [-0.3, -0.25) is 0 Å². The van der Waals surface area contributed by atoms with Crippen molar-refractivity contribution in [1.82, 2.24) is 0 Å². The van der Waals surface area contributed by atoms with E-state index in [-0.39, 0.29) is 25.7 Å². The van der Waals surface area contributed by atoms with E-state index < -0.39 is 11.8 Å². The van der Waals surface area contributed by atoms with Gasteiger partial charge in [-0.15, -0.1) is 0 Å². The van der Waals surface area contributed by atoms with Gasteiger partial charge in [0.15, 0.2) is 0 Å². The van der Waals surface area contributed by atoms with Gasteiger partial charge in [0.05, 0.1) is 19.3 Å². The smallest absolute Gasteiger partial charge is 0.364 e. The number of carboxylic acid groups (broad SMARTS) is 1. The Labute approximate surface area is 170 Å². The maximum absolute atomic E-state index is 11.2. The fourth-order valence-electron chi connectivity index (χ4n) is 4.48. The SMILES string of the molecule is CCCCCCCC[C@H]1CC[C@H](O)[C@@H]1CCCCCC(O)(OCCO)C(=O)O. The Kier molecular flexibility index (Phi) is 13.0. The summed E-state index contributed by atoms with van der Waals surface area (Å²) in [5, 5.41) is 38.2. The van der Waals surface area contributed by atoms with Crippen LogP contribution in [-0.4, -0.2) is 51.5 Å². The lowest BCUT2D eigenvalue weighted by Crippen LogP contribution is -2.42. The number of rotatable bonds is 17. The predicted octanol–water partition coefficient (Wildman–Crippen LogP) is 3.86. The van der Waals surface area contributed by atoms with Crippen LogP contribution in [0, 0.1) is 11.8 Å². The average Bonchev–Trinajstić information content (AvgIpc) is 3.02. The lowest BCUT2D eigenvalue weighted by molar-refractivity contribution is -0.228. The Balaban J connectivity index is 2.25. The van der Waals surface area contributed by atoms with E-state index in [1.54, 1.807) is 0 Å². The van der Waals surface area contributed by atoms with Crippen LogP contribution in [0.25, 0.3) is 0 Å². The molecule has 0 aliphatic heterocycles. The van der Waals surface area contributed by atoms with Crippen LogP contribution in [0.15, 0.2) is 0 Å². The van der Waals surface area contributed by atoms with E-state index in [1.165, 1.54) is 44.9 Å². The average molecular weight is 403 g/mol. The zero-order chi connectivity index (χ0) is 20.8. The van der Waals surface area contributed by atoms with Crippen LogP contribution in [0.2, 0.25) is 0 Å². The molecule has 1 fully saturated rings. The highest BCUT2D eigenvalue weighted by Gasteiger charge is 2.37. The van der Waals surface area contributed by atoms with Crippen molar-refractivity contribution in [3.63, 3.8) is 0 Å². The minimum Gasteiger partial charge on any atom is -0.477 e. The molecule has 1 saturated carbocycles. The summed E-state index contributed by atoms with van der Waals surface area (Å²) in [7, 11) is 0. The van der Waals surface area contributed by atoms with Crippen molar-refractivity contribution in [2.24, 2.45) is 11.8 Å². The summed E-state index contributed by atoms with van der Waals surface area (Å²) in [5.74, 6) is -2.65. The third-order valence-electron chi connectivity index (χ3n) is 6.18. The zero-order valence-corrected chi connectivity index (χ0v) is 17.7. The molecule has 0 heterocycles. The van der Waals surface area contributed by atoms with Gasteiger partial charge in [0, 0.05) is 6.42 Å². The van der Waals surface area contributed by atoms with Gasteiger partial charge in [0.2, 0.25) is 0 Å².